The van der Waals surface area contributed by atoms with Gasteiger partial charge in [-0.25, -0.2) is 4.68 Å². The Morgan fingerprint density at radius 1 is 1.44 bits per heavy atom. The molecule has 1 aliphatic carbocycles. The van der Waals surface area contributed by atoms with Crippen molar-refractivity contribution in [2.45, 2.75) is 38.9 Å². The van der Waals surface area contributed by atoms with Gasteiger partial charge < -0.3 is 4.90 Å². The number of anilines is 1. The van der Waals surface area contributed by atoms with Crippen LogP contribution in [0.25, 0.3) is 0 Å². The molecule has 7 heteroatoms. The Hall–Kier alpha value is -1.92. The van der Waals surface area contributed by atoms with E-state index < -0.39 is 0 Å². The Labute approximate surface area is 105 Å². The first-order valence-electron chi connectivity index (χ1n) is 6.28. The summed E-state index contributed by atoms with van der Waals surface area (Å²) in [5.41, 5.74) is 1.17. The zero-order valence-corrected chi connectivity index (χ0v) is 10.7. The normalized spacial score (nSPS) is 15.0. The predicted molar refractivity (Wildman–Crippen MR) is 66.1 cm³/mol. The van der Waals surface area contributed by atoms with Gasteiger partial charge in [0.25, 0.3) is 0 Å². The van der Waals surface area contributed by atoms with Crippen LogP contribution in [0.5, 0.6) is 0 Å². The SMILES string of the molecule is CCn1cc(CN(C)c2nnnn2C2CC2)cn1. The molecule has 1 aliphatic rings. The molecular formula is C11H17N7. The predicted octanol–water partition coefficient (Wildman–Crippen LogP) is 0.861. The molecule has 1 fully saturated rings. The van der Waals surface area contributed by atoms with Crippen LogP contribution < -0.4 is 4.90 Å². The molecular weight excluding hydrogens is 230 g/mol. The molecule has 0 amide bonds. The maximum atomic E-state index is 4.27. The summed E-state index contributed by atoms with van der Waals surface area (Å²) in [6, 6.07) is 0.496. The van der Waals surface area contributed by atoms with Crippen molar-refractivity contribution >= 4 is 5.95 Å². The molecule has 2 aromatic heterocycles. The van der Waals surface area contributed by atoms with E-state index in [4.69, 9.17) is 0 Å². The number of nitrogens with zero attached hydrogens (tertiary/aromatic N) is 7. The Morgan fingerprint density at radius 3 is 2.94 bits per heavy atom. The molecule has 0 saturated heterocycles. The zero-order chi connectivity index (χ0) is 12.5. The van der Waals surface area contributed by atoms with Crippen molar-refractivity contribution in [3.8, 4) is 0 Å². The first-order chi connectivity index (χ1) is 8.78. The van der Waals surface area contributed by atoms with E-state index in [2.05, 4.69) is 38.6 Å². The van der Waals surface area contributed by atoms with Gasteiger partial charge >= 0.3 is 0 Å². The molecule has 0 aromatic carbocycles. The third-order valence-electron chi connectivity index (χ3n) is 3.14. The van der Waals surface area contributed by atoms with Gasteiger partial charge in [0.15, 0.2) is 0 Å². The number of tetrazole rings is 1. The van der Waals surface area contributed by atoms with Crippen LogP contribution >= 0.6 is 0 Å². The second-order valence-electron chi connectivity index (χ2n) is 4.71. The number of aromatic nitrogens is 6. The lowest BCUT2D eigenvalue weighted by molar-refractivity contribution is 0.602. The Kier molecular flexibility index (Phi) is 2.73. The largest absolute Gasteiger partial charge is 0.338 e. The molecule has 0 spiro atoms. The van der Waals surface area contributed by atoms with Gasteiger partial charge in [-0.3, -0.25) is 4.68 Å². The van der Waals surface area contributed by atoms with Crippen molar-refractivity contribution in [2.75, 3.05) is 11.9 Å². The van der Waals surface area contributed by atoms with Crippen LogP contribution in [0.2, 0.25) is 0 Å². The fourth-order valence-electron chi connectivity index (χ4n) is 2.00. The number of aryl methyl sites for hydroxylation is 1. The third-order valence-corrected chi connectivity index (χ3v) is 3.14. The maximum Gasteiger partial charge on any atom is 0.245 e. The van der Waals surface area contributed by atoms with Gasteiger partial charge in [-0.2, -0.15) is 5.10 Å². The minimum absolute atomic E-state index is 0.496. The highest BCUT2D eigenvalue weighted by Crippen LogP contribution is 2.36. The lowest BCUT2D eigenvalue weighted by Gasteiger charge is -2.16. The third kappa shape index (κ3) is 2.07. The molecule has 2 heterocycles. The summed E-state index contributed by atoms with van der Waals surface area (Å²) in [4.78, 5) is 2.06. The molecule has 0 unspecified atom stereocenters. The summed E-state index contributed by atoms with van der Waals surface area (Å²) >= 11 is 0. The van der Waals surface area contributed by atoms with Crippen LogP contribution in [0.4, 0.5) is 5.95 Å². The van der Waals surface area contributed by atoms with Gasteiger partial charge in [-0.1, -0.05) is 5.10 Å². The average Bonchev–Trinajstić information content (AvgIpc) is 2.93. The molecule has 96 valence electrons. The number of hydrogen-bond donors (Lipinski definition) is 0. The summed E-state index contributed by atoms with van der Waals surface area (Å²) in [6.45, 7) is 3.74. The van der Waals surface area contributed by atoms with Crippen LogP contribution in [0.3, 0.4) is 0 Å². The van der Waals surface area contributed by atoms with Crippen molar-refractivity contribution in [3.63, 3.8) is 0 Å². The molecule has 0 atom stereocenters. The van der Waals surface area contributed by atoms with E-state index in [9.17, 15) is 0 Å². The van der Waals surface area contributed by atoms with Crippen LogP contribution in [0, 0.1) is 0 Å². The topological polar surface area (TPSA) is 64.7 Å². The molecule has 0 aliphatic heterocycles. The molecule has 2 aromatic rings. The quantitative estimate of drug-likeness (QED) is 0.784. The van der Waals surface area contributed by atoms with Crippen LogP contribution in [0.1, 0.15) is 31.4 Å². The van der Waals surface area contributed by atoms with Crippen molar-refractivity contribution < 1.29 is 0 Å². The molecule has 0 N–H and O–H groups in total. The summed E-state index contributed by atoms with van der Waals surface area (Å²) in [7, 11) is 2.01. The number of hydrogen-bond acceptors (Lipinski definition) is 5. The van der Waals surface area contributed by atoms with Crippen molar-refractivity contribution in [1.29, 1.82) is 0 Å². The van der Waals surface area contributed by atoms with Crippen molar-refractivity contribution in [2.24, 2.45) is 0 Å². The van der Waals surface area contributed by atoms with Gasteiger partial charge in [0.1, 0.15) is 0 Å². The van der Waals surface area contributed by atoms with E-state index in [1.807, 2.05) is 22.6 Å². The molecule has 3 rings (SSSR count). The molecule has 1 saturated carbocycles. The first-order valence-corrected chi connectivity index (χ1v) is 6.28. The molecule has 7 nitrogen and oxygen atoms in total. The van der Waals surface area contributed by atoms with Gasteiger partial charge in [0.2, 0.25) is 5.95 Å². The highest BCUT2D eigenvalue weighted by Gasteiger charge is 2.29. The van der Waals surface area contributed by atoms with E-state index >= 15 is 0 Å². The Morgan fingerprint density at radius 2 is 2.28 bits per heavy atom. The zero-order valence-electron chi connectivity index (χ0n) is 10.7. The van der Waals surface area contributed by atoms with Gasteiger partial charge in [0, 0.05) is 31.9 Å². The molecule has 0 radical (unpaired) electrons. The minimum atomic E-state index is 0.496. The molecule has 0 bridgehead atoms. The highest BCUT2D eigenvalue weighted by atomic mass is 15.6. The lowest BCUT2D eigenvalue weighted by atomic mass is 10.3. The van der Waals surface area contributed by atoms with Gasteiger partial charge in [-0.05, 0) is 30.2 Å². The first kappa shape index (κ1) is 11.2. The van der Waals surface area contributed by atoms with E-state index in [1.165, 1.54) is 18.4 Å². The monoisotopic (exact) mass is 247 g/mol. The number of rotatable bonds is 5. The fraction of sp³-hybridized carbons (Fsp3) is 0.636. The summed E-state index contributed by atoms with van der Waals surface area (Å²) < 4.78 is 3.84. The summed E-state index contributed by atoms with van der Waals surface area (Å²) in [6.07, 6.45) is 6.31. The fourth-order valence-corrected chi connectivity index (χ4v) is 2.00. The smallest absolute Gasteiger partial charge is 0.245 e. The van der Waals surface area contributed by atoms with Gasteiger partial charge in [0.05, 0.1) is 12.2 Å². The lowest BCUT2D eigenvalue weighted by Crippen LogP contribution is -2.20. The summed E-state index contributed by atoms with van der Waals surface area (Å²) in [5.74, 6) is 0.835. The van der Waals surface area contributed by atoms with Crippen LogP contribution in [-0.4, -0.2) is 37.0 Å². The Bertz CT molecular complexity index is 525. The van der Waals surface area contributed by atoms with Crippen molar-refractivity contribution in [3.05, 3.63) is 18.0 Å². The summed E-state index contributed by atoms with van der Waals surface area (Å²) in [5, 5.41) is 16.2. The van der Waals surface area contributed by atoms with E-state index in [0.29, 0.717) is 6.04 Å². The highest BCUT2D eigenvalue weighted by molar-refractivity contribution is 5.29. The maximum absolute atomic E-state index is 4.27. The Balaban J connectivity index is 1.73. The molecule has 18 heavy (non-hydrogen) atoms. The average molecular weight is 247 g/mol. The van der Waals surface area contributed by atoms with E-state index in [0.717, 1.165) is 19.0 Å². The standard InChI is InChI=1S/C11H17N7/c1-3-17-8-9(6-12-17)7-16(2)11-13-14-15-18(11)10-4-5-10/h6,8,10H,3-5,7H2,1-2H3. The van der Waals surface area contributed by atoms with Crippen LogP contribution in [-0.2, 0) is 13.1 Å². The van der Waals surface area contributed by atoms with Gasteiger partial charge in [-0.15, -0.1) is 0 Å². The second kappa shape index (κ2) is 4.40. The van der Waals surface area contributed by atoms with Crippen molar-refractivity contribution in [1.82, 2.24) is 30.0 Å². The second-order valence-corrected chi connectivity index (χ2v) is 4.71. The minimum Gasteiger partial charge on any atom is -0.338 e. The van der Waals surface area contributed by atoms with E-state index in [-0.39, 0.29) is 0 Å². The van der Waals surface area contributed by atoms with E-state index in [1.54, 1.807) is 0 Å². The van der Waals surface area contributed by atoms with Crippen LogP contribution in [0.15, 0.2) is 12.4 Å².